The van der Waals surface area contributed by atoms with Gasteiger partial charge in [-0.2, -0.15) is 0 Å². The number of hydrogen-bond acceptors (Lipinski definition) is 2. The van der Waals surface area contributed by atoms with E-state index < -0.39 is 15.8 Å². The predicted molar refractivity (Wildman–Crippen MR) is 63.8 cm³/mol. The Morgan fingerprint density at radius 1 is 1.35 bits per heavy atom. The summed E-state index contributed by atoms with van der Waals surface area (Å²) >= 11 is 0. The van der Waals surface area contributed by atoms with E-state index in [0.29, 0.717) is 0 Å². The van der Waals surface area contributed by atoms with Gasteiger partial charge in [-0.3, -0.25) is 0 Å². The smallest absolute Gasteiger partial charge is 0.208 e. The van der Waals surface area contributed by atoms with Crippen molar-refractivity contribution in [1.29, 1.82) is 0 Å². The monoisotopic (exact) mass is 257 g/mol. The normalized spacial score (nSPS) is 16.5. The Labute approximate surface area is 101 Å². The van der Waals surface area contributed by atoms with Crippen molar-refractivity contribution >= 4 is 10.0 Å². The maximum Gasteiger partial charge on any atom is 0.243 e. The molecule has 0 amide bonds. The lowest BCUT2D eigenvalue weighted by molar-refractivity contribution is 0.555. The minimum atomic E-state index is -3.71. The number of benzene rings is 1. The van der Waals surface area contributed by atoms with E-state index in [1.807, 2.05) is 13.8 Å². The molecule has 1 aliphatic carbocycles. The van der Waals surface area contributed by atoms with E-state index in [1.165, 1.54) is 12.1 Å². The molecule has 17 heavy (non-hydrogen) atoms. The first-order valence-corrected chi connectivity index (χ1v) is 7.20. The lowest BCUT2D eigenvalue weighted by Gasteiger charge is -2.10. The summed E-state index contributed by atoms with van der Waals surface area (Å²) in [5.41, 5.74) is 0.822. The van der Waals surface area contributed by atoms with Gasteiger partial charge in [-0.05, 0) is 36.5 Å². The van der Waals surface area contributed by atoms with E-state index in [2.05, 4.69) is 4.72 Å². The summed E-state index contributed by atoms with van der Waals surface area (Å²) in [6.07, 6.45) is 1.68. The minimum absolute atomic E-state index is 0.0119. The Balaban J connectivity index is 2.38. The van der Waals surface area contributed by atoms with Gasteiger partial charge in [0.2, 0.25) is 10.0 Å². The fourth-order valence-electron chi connectivity index (χ4n) is 1.57. The van der Waals surface area contributed by atoms with Crippen molar-refractivity contribution in [3.63, 3.8) is 0 Å². The van der Waals surface area contributed by atoms with Crippen molar-refractivity contribution in [3.8, 4) is 0 Å². The molecule has 1 aliphatic rings. The highest BCUT2D eigenvalue weighted by atomic mass is 32.2. The molecule has 0 saturated heterocycles. The Hall–Kier alpha value is -0.940. The first-order valence-electron chi connectivity index (χ1n) is 5.72. The summed E-state index contributed by atoms with van der Waals surface area (Å²) < 4.78 is 39.9. The molecule has 0 spiro atoms. The highest BCUT2D eigenvalue weighted by molar-refractivity contribution is 7.89. The van der Waals surface area contributed by atoms with Gasteiger partial charge in [0.1, 0.15) is 10.7 Å². The van der Waals surface area contributed by atoms with Gasteiger partial charge in [-0.25, -0.2) is 17.5 Å². The first-order chi connectivity index (χ1) is 7.90. The Morgan fingerprint density at radius 3 is 2.53 bits per heavy atom. The Kier molecular flexibility index (Phi) is 3.23. The second-order valence-corrected chi connectivity index (χ2v) is 6.42. The lowest BCUT2D eigenvalue weighted by Crippen LogP contribution is -2.26. The SMILES string of the molecule is CC(C)c1ccc(F)c(S(=O)(=O)NC2CC2)c1. The molecule has 0 aromatic heterocycles. The molecule has 1 N–H and O–H groups in total. The summed E-state index contributed by atoms with van der Waals surface area (Å²) in [7, 11) is -3.71. The molecular formula is C12H16FNO2S. The standard InChI is InChI=1S/C12H16FNO2S/c1-8(2)9-3-6-11(13)12(7-9)17(15,16)14-10-4-5-10/h3,6-8,10,14H,4-5H2,1-2H3. The quantitative estimate of drug-likeness (QED) is 0.900. The van der Waals surface area contributed by atoms with E-state index in [0.717, 1.165) is 18.4 Å². The van der Waals surface area contributed by atoms with Crippen molar-refractivity contribution in [2.45, 2.75) is 43.5 Å². The van der Waals surface area contributed by atoms with Crippen LogP contribution >= 0.6 is 0 Å². The number of halogens is 1. The van der Waals surface area contributed by atoms with Gasteiger partial charge < -0.3 is 0 Å². The van der Waals surface area contributed by atoms with E-state index in [4.69, 9.17) is 0 Å². The van der Waals surface area contributed by atoms with Gasteiger partial charge in [-0.1, -0.05) is 19.9 Å². The van der Waals surface area contributed by atoms with Crippen LogP contribution in [0.2, 0.25) is 0 Å². The van der Waals surface area contributed by atoms with Crippen LogP contribution in [0.4, 0.5) is 4.39 Å². The second kappa shape index (κ2) is 4.38. The summed E-state index contributed by atoms with van der Waals surface area (Å²) in [5, 5.41) is 0. The first kappa shape index (κ1) is 12.5. The van der Waals surface area contributed by atoms with Crippen LogP contribution in [0, 0.1) is 5.82 Å². The zero-order valence-electron chi connectivity index (χ0n) is 9.90. The zero-order valence-corrected chi connectivity index (χ0v) is 10.7. The maximum absolute atomic E-state index is 13.6. The van der Waals surface area contributed by atoms with Crippen LogP contribution < -0.4 is 4.72 Å². The molecule has 3 nitrogen and oxygen atoms in total. The third-order valence-corrected chi connectivity index (χ3v) is 4.35. The predicted octanol–water partition coefficient (Wildman–Crippen LogP) is 2.39. The third-order valence-electron chi connectivity index (χ3n) is 2.81. The molecule has 1 saturated carbocycles. The summed E-state index contributed by atoms with van der Waals surface area (Å²) in [5.74, 6) is -0.520. The molecule has 1 fully saturated rings. The molecule has 2 rings (SSSR count). The van der Waals surface area contributed by atoms with Crippen molar-refractivity contribution in [2.75, 3.05) is 0 Å². The van der Waals surface area contributed by atoms with E-state index in [1.54, 1.807) is 6.07 Å². The van der Waals surface area contributed by atoms with Crippen molar-refractivity contribution < 1.29 is 12.8 Å². The molecule has 5 heteroatoms. The molecule has 0 bridgehead atoms. The average Bonchev–Trinajstić information content (AvgIpc) is 3.00. The van der Waals surface area contributed by atoms with E-state index >= 15 is 0 Å². The fourth-order valence-corrected chi connectivity index (χ4v) is 2.99. The van der Waals surface area contributed by atoms with Crippen LogP contribution in [0.5, 0.6) is 0 Å². The van der Waals surface area contributed by atoms with Crippen LogP contribution in [0.25, 0.3) is 0 Å². The number of rotatable bonds is 4. The summed E-state index contributed by atoms with van der Waals surface area (Å²) in [4.78, 5) is -0.240. The van der Waals surface area contributed by atoms with E-state index in [9.17, 15) is 12.8 Å². The molecule has 1 aromatic carbocycles. The van der Waals surface area contributed by atoms with Gasteiger partial charge >= 0.3 is 0 Å². The van der Waals surface area contributed by atoms with Gasteiger partial charge in [0.15, 0.2) is 0 Å². The largest absolute Gasteiger partial charge is 0.243 e. The fraction of sp³-hybridized carbons (Fsp3) is 0.500. The van der Waals surface area contributed by atoms with Crippen molar-refractivity contribution in [3.05, 3.63) is 29.6 Å². The van der Waals surface area contributed by atoms with Gasteiger partial charge in [-0.15, -0.1) is 0 Å². The van der Waals surface area contributed by atoms with Gasteiger partial charge in [0, 0.05) is 6.04 Å². The molecule has 94 valence electrons. The molecule has 0 aliphatic heterocycles. The number of hydrogen-bond donors (Lipinski definition) is 1. The van der Waals surface area contributed by atoms with E-state index in [-0.39, 0.29) is 16.9 Å². The molecule has 0 radical (unpaired) electrons. The zero-order chi connectivity index (χ0) is 12.6. The number of sulfonamides is 1. The van der Waals surface area contributed by atoms with Crippen molar-refractivity contribution in [1.82, 2.24) is 4.72 Å². The van der Waals surface area contributed by atoms with Crippen LogP contribution in [0.3, 0.4) is 0 Å². The van der Waals surface area contributed by atoms with Gasteiger partial charge in [0.05, 0.1) is 0 Å². The minimum Gasteiger partial charge on any atom is -0.208 e. The summed E-state index contributed by atoms with van der Waals surface area (Å²) in [6, 6.07) is 4.25. The van der Waals surface area contributed by atoms with Gasteiger partial charge in [0.25, 0.3) is 0 Å². The van der Waals surface area contributed by atoms with Crippen molar-refractivity contribution in [2.24, 2.45) is 0 Å². The summed E-state index contributed by atoms with van der Waals surface area (Å²) in [6.45, 7) is 3.88. The molecular weight excluding hydrogens is 241 g/mol. The maximum atomic E-state index is 13.6. The molecule has 0 heterocycles. The Bertz CT molecular complexity index is 521. The Morgan fingerprint density at radius 2 is 2.00 bits per heavy atom. The molecule has 0 unspecified atom stereocenters. The van der Waals surface area contributed by atoms with Crippen LogP contribution in [-0.2, 0) is 10.0 Å². The molecule has 1 aromatic rings. The number of nitrogens with one attached hydrogen (secondary N) is 1. The lowest BCUT2D eigenvalue weighted by atomic mass is 10.0. The third kappa shape index (κ3) is 2.84. The van der Waals surface area contributed by atoms with Crippen LogP contribution in [0.15, 0.2) is 23.1 Å². The average molecular weight is 257 g/mol. The molecule has 0 atom stereocenters. The second-order valence-electron chi connectivity index (χ2n) is 4.74. The highest BCUT2D eigenvalue weighted by Gasteiger charge is 2.29. The topological polar surface area (TPSA) is 46.2 Å². The van der Waals surface area contributed by atoms with Crippen LogP contribution in [0.1, 0.15) is 38.2 Å². The highest BCUT2D eigenvalue weighted by Crippen LogP contribution is 2.25. The van der Waals surface area contributed by atoms with Crippen LogP contribution in [-0.4, -0.2) is 14.5 Å².